The summed E-state index contributed by atoms with van der Waals surface area (Å²) >= 11 is 5.89. The van der Waals surface area contributed by atoms with Crippen molar-refractivity contribution in [2.24, 2.45) is 17.8 Å². The fourth-order valence-corrected chi connectivity index (χ4v) is 5.58. The van der Waals surface area contributed by atoms with E-state index in [1.54, 1.807) is 37.8 Å². The van der Waals surface area contributed by atoms with Crippen LogP contribution in [0, 0.1) is 23.6 Å². The highest BCUT2D eigenvalue weighted by Gasteiger charge is 2.43. The van der Waals surface area contributed by atoms with Gasteiger partial charge in [-0.1, -0.05) is 17.7 Å². The molecule has 7 nitrogen and oxygen atoms in total. The minimum Gasteiger partial charge on any atom is -0.493 e. The Bertz CT molecular complexity index is 1070. The molecule has 1 aliphatic heterocycles. The van der Waals surface area contributed by atoms with Crippen LogP contribution in [0.4, 0.5) is 10.3 Å². The molecule has 3 atom stereocenters. The number of likely N-dealkylation sites (N-methyl/N-ethyl adjacent to an activating group) is 1. The first-order chi connectivity index (χ1) is 17.3. The van der Waals surface area contributed by atoms with Gasteiger partial charge >= 0.3 is 0 Å². The third kappa shape index (κ3) is 7.38. The highest BCUT2D eigenvalue weighted by atomic mass is 35.5. The molecule has 0 spiro atoms. The monoisotopic (exact) mass is 536 g/mol. The Morgan fingerprint density at radius 1 is 1.28 bits per heavy atom. The van der Waals surface area contributed by atoms with Crippen LogP contribution in [0.5, 0.6) is 5.75 Å². The van der Waals surface area contributed by atoms with Crippen LogP contribution in [0.25, 0.3) is 0 Å². The predicted octanol–water partition coefficient (Wildman–Crippen LogP) is 3.97. The van der Waals surface area contributed by atoms with Gasteiger partial charge in [0.05, 0.1) is 30.4 Å². The summed E-state index contributed by atoms with van der Waals surface area (Å²) < 4.78 is 31.6. The summed E-state index contributed by atoms with van der Waals surface area (Å²) in [7, 11) is 0.679. The zero-order valence-corrected chi connectivity index (χ0v) is 22.4. The van der Waals surface area contributed by atoms with Gasteiger partial charge < -0.3 is 14.5 Å². The first-order valence-corrected chi connectivity index (χ1v) is 14.6. The Labute approximate surface area is 219 Å². The van der Waals surface area contributed by atoms with Crippen LogP contribution in [0.15, 0.2) is 30.6 Å². The maximum absolute atomic E-state index is 14.5. The molecule has 0 radical (unpaired) electrons. The van der Waals surface area contributed by atoms with Gasteiger partial charge in [-0.3, -0.25) is 9.00 Å². The lowest BCUT2D eigenvalue weighted by Gasteiger charge is -2.32. The van der Waals surface area contributed by atoms with Gasteiger partial charge in [0.15, 0.2) is 0 Å². The molecule has 1 saturated heterocycles. The lowest BCUT2D eigenvalue weighted by Crippen LogP contribution is -2.35. The van der Waals surface area contributed by atoms with Crippen LogP contribution in [0.3, 0.4) is 0 Å². The molecule has 10 heteroatoms. The number of benzene rings is 1. The Balaban J connectivity index is 1.16. The van der Waals surface area contributed by atoms with Gasteiger partial charge in [-0.05, 0) is 55.1 Å². The normalized spacial score (nSPS) is 20.7. The zero-order chi connectivity index (χ0) is 25.7. The van der Waals surface area contributed by atoms with E-state index >= 15 is 0 Å². The number of halogens is 2. The van der Waals surface area contributed by atoms with E-state index < -0.39 is 16.6 Å². The Hall–Kier alpha value is -2.26. The molecule has 2 heterocycles. The van der Waals surface area contributed by atoms with Gasteiger partial charge in [-0.2, -0.15) is 0 Å². The van der Waals surface area contributed by atoms with Crippen molar-refractivity contribution in [1.29, 1.82) is 0 Å². The molecule has 4 rings (SSSR count). The maximum Gasteiger partial charge on any atom is 0.226 e. The minimum atomic E-state index is -0.967. The molecule has 2 aliphatic rings. The number of hydrogen-bond acceptors (Lipinski definition) is 6. The van der Waals surface area contributed by atoms with E-state index in [1.165, 1.54) is 17.4 Å². The van der Waals surface area contributed by atoms with Gasteiger partial charge in [0.2, 0.25) is 11.9 Å². The van der Waals surface area contributed by atoms with Crippen molar-refractivity contribution in [2.75, 3.05) is 50.2 Å². The van der Waals surface area contributed by atoms with Crippen LogP contribution < -0.4 is 9.64 Å². The second kappa shape index (κ2) is 12.3. The minimum absolute atomic E-state index is 0.0221. The molecule has 2 fully saturated rings. The highest BCUT2D eigenvalue weighted by molar-refractivity contribution is 7.84. The number of amides is 1. The number of aromatic nitrogens is 2. The summed E-state index contributed by atoms with van der Waals surface area (Å²) in [6.07, 6.45) is 9.36. The number of rotatable bonds is 11. The summed E-state index contributed by atoms with van der Waals surface area (Å²) in [5.74, 6) is 3.17. The van der Waals surface area contributed by atoms with E-state index in [0.29, 0.717) is 41.2 Å². The SMILES string of the molecule is CN(CCS(C)=O)C(=O)Cc1ccc(OCCC2CC2C2CCN(c3ncc(Cl)cn3)CC2)cc1F. The van der Waals surface area contributed by atoms with Crippen LogP contribution in [-0.2, 0) is 22.0 Å². The Kier molecular flexibility index (Phi) is 9.17. The van der Waals surface area contributed by atoms with E-state index in [1.807, 2.05) is 0 Å². The summed E-state index contributed by atoms with van der Waals surface area (Å²) in [6.45, 7) is 2.89. The van der Waals surface area contributed by atoms with Crippen molar-refractivity contribution in [2.45, 2.75) is 32.1 Å². The van der Waals surface area contributed by atoms with Crippen molar-refractivity contribution < 1.29 is 18.1 Å². The molecule has 0 bridgehead atoms. The molecule has 1 saturated carbocycles. The standard InChI is InChI=1S/C26H34ClFN4O3S/c1-31(10-12-36(2)34)25(33)14-20-3-4-22(15-24(20)28)35-11-7-19-13-23(19)18-5-8-32(9-6-18)26-29-16-21(27)17-30-26/h3-4,15-19,23H,5-14H2,1-2H3. The lowest BCUT2D eigenvalue weighted by molar-refractivity contribution is -0.128. The molecular weight excluding hydrogens is 503 g/mol. The topological polar surface area (TPSA) is 75.6 Å². The fraction of sp³-hybridized carbons (Fsp3) is 0.577. The molecular formula is C26H34ClFN4O3S. The molecule has 3 unspecified atom stereocenters. The molecule has 36 heavy (non-hydrogen) atoms. The zero-order valence-electron chi connectivity index (χ0n) is 20.9. The van der Waals surface area contributed by atoms with Gasteiger partial charge in [0.25, 0.3) is 0 Å². The number of piperidine rings is 1. The number of anilines is 1. The van der Waals surface area contributed by atoms with Crippen LogP contribution in [0.2, 0.25) is 5.02 Å². The van der Waals surface area contributed by atoms with Crippen LogP contribution in [-0.4, -0.2) is 70.3 Å². The molecule has 1 aromatic heterocycles. The van der Waals surface area contributed by atoms with E-state index in [9.17, 15) is 13.4 Å². The van der Waals surface area contributed by atoms with Crippen LogP contribution >= 0.6 is 11.6 Å². The second-order valence-electron chi connectivity index (χ2n) is 9.85. The molecule has 1 amide bonds. The molecule has 1 aliphatic carbocycles. The second-order valence-corrected chi connectivity index (χ2v) is 11.8. The van der Waals surface area contributed by atoms with Crippen molar-refractivity contribution in [3.05, 3.63) is 47.0 Å². The largest absolute Gasteiger partial charge is 0.493 e. The Morgan fingerprint density at radius 3 is 2.67 bits per heavy atom. The van der Waals surface area contributed by atoms with Gasteiger partial charge in [0.1, 0.15) is 11.6 Å². The van der Waals surface area contributed by atoms with Crippen molar-refractivity contribution >= 4 is 34.3 Å². The average molecular weight is 537 g/mol. The summed E-state index contributed by atoms with van der Waals surface area (Å²) in [5, 5.41) is 0.552. The number of carbonyl (C=O) groups is 1. The maximum atomic E-state index is 14.5. The lowest BCUT2D eigenvalue weighted by atomic mass is 9.90. The van der Waals surface area contributed by atoms with Gasteiger partial charge in [-0.15, -0.1) is 0 Å². The number of hydrogen-bond donors (Lipinski definition) is 0. The molecule has 0 N–H and O–H groups in total. The average Bonchev–Trinajstić information content (AvgIpc) is 3.64. The number of nitrogens with zero attached hydrogens (tertiary/aromatic N) is 4. The van der Waals surface area contributed by atoms with Crippen LogP contribution in [0.1, 0.15) is 31.2 Å². The summed E-state index contributed by atoms with van der Waals surface area (Å²) in [5.41, 5.74) is 0.342. The fourth-order valence-electron chi connectivity index (χ4n) is 4.95. The number of ether oxygens (including phenoxy) is 1. The highest BCUT2D eigenvalue weighted by Crippen LogP contribution is 2.49. The van der Waals surface area contributed by atoms with Crippen molar-refractivity contribution in [1.82, 2.24) is 14.9 Å². The van der Waals surface area contributed by atoms with Gasteiger partial charge in [-0.25, -0.2) is 14.4 Å². The summed E-state index contributed by atoms with van der Waals surface area (Å²) in [6, 6.07) is 4.71. The third-order valence-electron chi connectivity index (χ3n) is 7.28. The predicted molar refractivity (Wildman–Crippen MR) is 140 cm³/mol. The summed E-state index contributed by atoms with van der Waals surface area (Å²) in [4.78, 5) is 24.7. The smallest absolute Gasteiger partial charge is 0.226 e. The first kappa shape index (κ1) is 26.8. The van der Waals surface area contributed by atoms with Crippen molar-refractivity contribution in [3.63, 3.8) is 0 Å². The van der Waals surface area contributed by atoms with Crippen molar-refractivity contribution in [3.8, 4) is 5.75 Å². The van der Waals surface area contributed by atoms with E-state index in [4.69, 9.17) is 16.3 Å². The van der Waals surface area contributed by atoms with E-state index in [0.717, 1.165) is 50.1 Å². The molecule has 196 valence electrons. The molecule has 1 aromatic carbocycles. The van der Waals surface area contributed by atoms with Gasteiger partial charge in [0, 0.05) is 55.6 Å². The van der Waals surface area contributed by atoms with E-state index in [-0.39, 0.29) is 12.3 Å². The number of carbonyl (C=O) groups excluding carboxylic acids is 1. The Morgan fingerprint density at radius 2 is 2.00 bits per heavy atom. The van der Waals surface area contributed by atoms with E-state index in [2.05, 4.69) is 14.9 Å². The first-order valence-electron chi connectivity index (χ1n) is 12.5. The third-order valence-corrected chi connectivity index (χ3v) is 8.23. The quantitative estimate of drug-likeness (QED) is 0.432. The molecule has 2 aromatic rings.